The molecule has 1 heterocycles. The van der Waals surface area contributed by atoms with E-state index in [4.69, 9.17) is 17.3 Å². The summed E-state index contributed by atoms with van der Waals surface area (Å²) in [6.07, 6.45) is 0. The zero-order valence-corrected chi connectivity index (χ0v) is 14.2. The van der Waals surface area contributed by atoms with Gasteiger partial charge in [0.2, 0.25) is 0 Å². The van der Waals surface area contributed by atoms with Gasteiger partial charge in [-0.15, -0.1) is 0 Å². The van der Waals surface area contributed by atoms with E-state index in [9.17, 15) is 0 Å². The molecule has 0 amide bonds. The van der Waals surface area contributed by atoms with E-state index in [0.717, 1.165) is 31.5 Å². The van der Waals surface area contributed by atoms with Crippen LogP contribution in [0.25, 0.3) is 22.4 Å². The Morgan fingerprint density at radius 1 is 1.14 bits per heavy atom. The highest BCUT2D eigenvalue weighted by atomic mass is 127. The Bertz CT molecular complexity index is 811. The van der Waals surface area contributed by atoms with Crippen LogP contribution >= 0.6 is 34.2 Å². The standard InChI is InChI=1S/C16H13ClIN3/c1-9-4-2-3-5-11(9)14-15(20-21-16(14)19)12-8-10(17)6-7-13(12)18/h2-8H,1H3,(H3,19,20,21). The third-order valence-corrected chi connectivity index (χ3v) is 4.58. The fourth-order valence-corrected chi connectivity index (χ4v) is 3.14. The molecule has 0 saturated carbocycles. The van der Waals surface area contributed by atoms with Crippen molar-refractivity contribution in [1.82, 2.24) is 10.2 Å². The van der Waals surface area contributed by atoms with Crippen molar-refractivity contribution < 1.29 is 0 Å². The lowest BCUT2D eigenvalue weighted by Crippen LogP contribution is -1.92. The zero-order chi connectivity index (χ0) is 15.0. The Kier molecular flexibility index (Phi) is 3.91. The molecule has 3 rings (SSSR count). The molecule has 0 fully saturated rings. The fourth-order valence-electron chi connectivity index (χ4n) is 2.37. The van der Waals surface area contributed by atoms with Crippen LogP contribution in [-0.2, 0) is 0 Å². The summed E-state index contributed by atoms with van der Waals surface area (Å²) in [5.41, 5.74) is 11.2. The van der Waals surface area contributed by atoms with Gasteiger partial charge in [-0.3, -0.25) is 5.10 Å². The number of rotatable bonds is 2. The molecular formula is C16H13ClIN3. The first-order valence-corrected chi connectivity index (χ1v) is 7.89. The number of aryl methyl sites for hydroxylation is 1. The second kappa shape index (κ2) is 5.69. The summed E-state index contributed by atoms with van der Waals surface area (Å²) in [6, 6.07) is 13.9. The summed E-state index contributed by atoms with van der Waals surface area (Å²) >= 11 is 8.42. The first-order valence-electron chi connectivity index (χ1n) is 6.43. The van der Waals surface area contributed by atoms with Gasteiger partial charge in [0.05, 0.1) is 11.3 Å². The molecule has 3 aromatic rings. The van der Waals surface area contributed by atoms with E-state index in [1.807, 2.05) is 30.3 Å². The Labute approximate surface area is 141 Å². The van der Waals surface area contributed by atoms with Gasteiger partial charge < -0.3 is 5.73 Å². The third-order valence-electron chi connectivity index (χ3n) is 3.41. The van der Waals surface area contributed by atoms with Gasteiger partial charge in [0, 0.05) is 14.2 Å². The second-order valence-corrected chi connectivity index (χ2v) is 6.40. The van der Waals surface area contributed by atoms with Crippen molar-refractivity contribution in [3.63, 3.8) is 0 Å². The molecule has 106 valence electrons. The molecule has 0 aliphatic rings. The monoisotopic (exact) mass is 409 g/mol. The normalized spacial score (nSPS) is 10.8. The number of nitrogen functional groups attached to an aromatic ring is 1. The summed E-state index contributed by atoms with van der Waals surface area (Å²) in [4.78, 5) is 0. The number of hydrogen-bond acceptors (Lipinski definition) is 2. The molecular weight excluding hydrogens is 397 g/mol. The molecule has 21 heavy (non-hydrogen) atoms. The molecule has 0 aliphatic heterocycles. The minimum atomic E-state index is 0.495. The van der Waals surface area contributed by atoms with Gasteiger partial charge in [-0.1, -0.05) is 35.9 Å². The number of halogens is 2. The van der Waals surface area contributed by atoms with Crippen LogP contribution < -0.4 is 5.73 Å². The van der Waals surface area contributed by atoms with Crippen molar-refractivity contribution >= 4 is 40.0 Å². The van der Waals surface area contributed by atoms with Gasteiger partial charge >= 0.3 is 0 Å². The van der Waals surface area contributed by atoms with E-state index in [1.54, 1.807) is 0 Å². The fraction of sp³-hybridized carbons (Fsp3) is 0.0625. The van der Waals surface area contributed by atoms with Crippen LogP contribution in [0.3, 0.4) is 0 Å². The third kappa shape index (κ3) is 2.65. The molecule has 0 atom stereocenters. The molecule has 2 aromatic carbocycles. The van der Waals surface area contributed by atoms with Gasteiger partial charge in [-0.25, -0.2) is 0 Å². The summed E-state index contributed by atoms with van der Waals surface area (Å²) in [5.74, 6) is 0.495. The zero-order valence-electron chi connectivity index (χ0n) is 11.3. The maximum Gasteiger partial charge on any atom is 0.153 e. The minimum absolute atomic E-state index is 0.495. The van der Waals surface area contributed by atoms with Crippen LogP contribution in [0.4, 0.5) is 5.82 Å². The summed E-state index contributed by atoms with van der Waals surface area (Å²) < 4.78 is 1.09. The number of nitrogens with zero attached hydrogens (tertiary/aromatic N) is 1. The average Bonchev–Trinajstić information content (AvgIpc) is 2.84. The number of anilines is 1. The minimum Gasteiger partial charge on any atom is -0.382 e. The molecule has 3 nitrogen and oxygen atoms in total. The van der Waals surface area contributed by atoms with Crippen LogP contribution in [0.15, 0.2) is 42.5 Å². The Balaban J connectivity index is 2.27. The molecule has 0 bridgehead atoms. The number of nitrogens with two attached hydrogens (primary N) is 1. The summed E-state index contributed by atoms with van der Waals surface area (Å²) in [6.45, 7) is 2.06. The van der Waals surface area contributed by atoms with Gasteiger partial charge in [0.25, 0.3) is 0 Å². The number of H-pyrrole nitrogens is 1. The summed E-state index contributed by atoms with van der Waals surface area (Å²) in [5, 5.41) is 7.92. The molecule has 3 N–H and O–H groups in total. The van der Waals surface area contributed by atoms with Crippen LogP contribution in [0.2, 0.25) is 5.02 Å². The predicted octanol–water partition coefficient (Wildman–Crippen LogP) is 4.89. The Morgan fingerprint density at radius 2 is 1.90 bits per heavy atom. The van der Waals surface area contributed by atoms with Crippen molar-refractivity contribution in [2.24, 2.45) is 0 Å². The highest BCUT2D eigenvalue weighted by molar-refractivity contribution is 14.1. The number of benzene rings is 2. The maximum absolute atomic E-state index is 6.13. The van der Waals surface area contributed by atoms with E-state index in [2.05, 4.69) is 51.8 Å². The van der Waals surface area contributed by atoms with E-state index in [1.165, 1.54) is 0 Å². The molecule has 0 saturated heterocycles. The molecule has 0 spiro atoms. The second-order valence-electron chi connectivity index (χ2n) is 4.80. The average molecular weight is 410 g/mol. The van der Waals surface area contributed by atoms with Crippen molar-refractivity contribution in [3.8, 4) is 22.4 Å². The topological polar surface area (TPSA) is 54.7 Å². The Morgan fingerprint density at radius 3 is 2.67 bits per heavy atom. The van der Waals surface area contributed by atoms with Crippen LogP contribution in [-0.4, -0.2) is 10.2 Å². The van der Waals surface area contributed by atoms with E-state index in [-0.39, 0.29) is 0 Å². The van der Waals surface area contributed by atoms with Crippen LogP contribution in [0.5, 0.6) is 0 Å². The van der Waals surface area contributed by atoms with E-state index in [0.29, 0.717) is 10.8 Å². The van der Waals surface area contributed by atoms with Gasteiger partial charge in [-0.2, -0.15) is 5.10 Å². The lowest BCUT2D eigenvalue weighted by atomic mass is 9.97. The van der Waals surface area contributed by atoms with E-state index >= 15 is 0 Å². The Hall–Kier alpha value is -1.53. The van der Waals surface area contributed by atoms with Gasteiger partial charge in [0.15, 0.2) is 5.82 Å². The first-order chi connectivity index (χ1) is 10.1. The molecule has 5 heteroatoms. The highest BCUT2D eigenvalue weighted by Crippen LogP contribution is 2.38. The number of nitrogens with one attached hydrogen (secondary N) is 1. The molecule has 1 aromatic heterocycles. The lowest BCUT2D eigenvalue weighted by Gasteiger charge is -2.09. The highest BCUT2D eigenvalue weighted by Gasteiger charge is 2.18. The van der Waals surface area contributed by atoms with Crippen LogP contribution in [0.1, 0.15) is 5.56 Å². The molecule has 0 radical (unpaired) electrons. The molecule has 0 unspecified atom stereocenters. The number of aromatic amines is 1. The largest absolute Gasteiger partial charge is 0.382 e. The van der Waals surface area contributed by atoms with Gasteiger partial charge in [0.1, 0.15) is 0 Å². The maximum atomic E-state index is 6.13. The van der Waals surface area contributed by atoms with Crippen molar-refractivity contribution in [1.29, 1.82) is 0 Å². The number of hydrogen-bond donors (Lipinski definition) is 2. The summed E-state index contributed by atoms with van der Waals surface area (Å²) in [7, 11) is 0. The smallest absolute Gasteiger partial charge is 0.153 e. The van der Waals surface area contributed by atoms with Crippen molar-refractivity contribution in [3.05, 3.63) is 56.6 Å². The van der Waals surface area contributed by atoms with Crippen LogP contribution in [0, 0.1) is 10.5 Å². The SMILES string of the molecule is Cc1ccccc1-c1c(N)n[nH]c1-c1cc(Cl)ccc1I. The number of aromatic nitrogens is 2. The van der Waals surface area contributed by atoms with Crippen molar-refractivity contribution in [2.45, 2.75) is 6.92 Å². The molecule has 0 aliphatic carbocycles. The van der Waals surface area contributed by atoms with Crippen molar-refractivity contribution in [2.75, 3.05) is 5.73 Å². The lowest BCUT2D eigenvalue weighted by molar-refractivity contribution is 1.10. The predicted molar refractivity (Wildman–Crippen MR) is 96.3 cm³/mol. The first kappa shape index (κ1) is 14.4. The van der Waals surface area contributed by atoms with E-state index < -0.39 is 0 Å². The van der Waals surface area contributed by atoms with Gasteiger partial charge in [-0.05, 0) is 58.8 Å². The quantitative estimate of drug-likeness (QED) is 0.592.